The summed E-state index contributed by atoms with van der Waals surface area (Å²) >= 11 is 0. The summed E-state index contributed by atoms with van der Waals surface area (Å²) in [6, 6.07) is 0. The van der Waals surface area contributed by atoms with Crippen molar-refractivity contribution in [1.29, 1.82) is 0 Å². The maximum atomic E-state index is 10.2. The highest BCUT2D eigenvalue weighted by Crippen LogP contribution is 2.08. The van der Waals surface area contributed by atoms with Gasteiger partial charge in [0.25, 0.3) is 0 Å². The molecule has 7 unspecified atom stereocenters. The molecular weight excluding hydrogens is 408 g/mol. The summed E-state index contributed by atoms with van der Waals surface area (Å²) in [5.74, 6) is 0. The third kappa shape index (κ3) is 11.8. The highest BCUT2D eigenvalue weighted by molar-refractivity contribution is 4.83. The Labute approximate surface area is 175 Å². The Kier molecular flexibility index (Phi) is 15.9. The Morgan fingerprint density at radius 1 is 0.433 bits per heavy atom. The maximum Gasteiger partial charge on any atom is 0.111 e. The van der Waals surface area contributed by atoms with Gasteiger partial charge in [0.05, 0.1) is 50.8 Å². The second-order valence-electron chi connectivity index (χ2n) is 7.33. The molecule has 7 atom stereocenters. The van der Waals surface area contributed by atoms with Crippen molar-refractivity contribution in [3.8, 4) is 0 Å². The van der Waals surface area contributed by atoms with Crippen LogP contribution in [-0.4, -0.2) is 174 Å². The Morgan fingerprint density at radius 3 is 1.10 bits per heavy atom. The average Bonchev–Trinajstić information content (AvgIpc) is 2.74. The molecule has 0 saturated heterocycles. The average molecular weight is 446 g/mol. The summed E-state index contributed by atoms with van der Waals surface area (Å²) in [7, 11) is 0. The third-order valence-corrected chi connectivity index (χ3v) is 4.54. The molecular formula is C17H38N2O11. The molecule has 30 heavy (non-hydrogen) atoms. The van der Waals surface area contributed by atoms with E-state index in [9.17, 15) is 35.7 Å². The van der Waals surface area contributed by atoms with Gasteiger partial charge in [-0.15, -0.1) is 0 Å². The molecule has 13 heteroatoms. The number of nitrogens with zero attached hydrogens (tertiary/aromatic N) is 2. The van der Waals surface area contributed by atoms with Crippen LogP contribution in [0, 0.1) is 0 Å². The van der Waals surface area contributed by atoms with Gasteiger partial charge in [-0.25, -0.2) is 0 Å². The van der Waals surface area contributed by atoms with Crippen molar-refractivity contribution in [2.24, 2.45) is 0 Å². The summed E-state index contributed by atoms with van der Waals surface area (Å²) in [6.07, 6.45) is -10.2. The first-order valence-corrected chi connectivity index (χ1v) is 9.74. The summed E-state index contributed by atoms with van der Waals surface area (Å²) in [5.41, 5.74) is 0. The van der Waals surface area contributed by atoms with Crippen molar-refractivity contribution < 1.29 is 56.2 Å². The number of hydrogen-bond acceptors (Lipinski definition) is 13. The first kappa shape index (κ1) is 29.5. The SMILES string of the molecule is OCC(O)CN(CCN(CC(O)CO)CC(O)C(O)C(O)C(O)CO)CC(O)CO. The van der Waals surface area contributed by atoms with Crippen LogP contribution < -0.4 is 0 Å². The minimum atomic E-state index is -1.81. The van der Waals surface area contributed by atoms with E-state index in [1.807, 2.05) is 0 Å². The van der Waals surface area contributed by atoms with Crippen LogP contribution in [0.5, 0.6) is 0 Å². The van der Waals surface area contributed by atoms with Gasteiger partial charge >= 0.3 is 0 Å². The lowest BCUT2D eigenvalue weighted by Gasteiger charge is -2.33. The van der Waals surface area contributed by atoms with E-state index in [1.165, 1.54) is 9.80 Å². The molecule has 11 N–H and O–H groups in total. The fourth-order valence-electron chi connectivity index (χ4n) is 2.80. The lowest BCUT2D eigenvalue weighted by molar-refractivity contribution is -0.121. The highest BCUT2D eigenvalue weighted by Gasteiger charge is 2.31. The number of hydrogen-bond donors (Lipinski definition) is 11. The van der Waals surface area contributed by atoms with Gasteiger partial charge in [0.15, 0.2) is 0 Å². The van der Waals surface area contributed by atoms with Crippen LogP contribution in [0.3, 0.4) is 0 Å². The topological polar surface area (TPSA) is 229 Å². The Balaban J connectivity index is 5.07. The largest absolute Gasteiger partial charge is 0.394 e. The van der Waals surface area contributed by atoms with Crippen LogP contribution in [0.15, 0.2) is 0 Å². The fraction of sp³-hybridized carbons (Fsp3) is 1.00. The van der Waals surface area contributed by atoms with Crippen LogP contribution >= 0.6 is 0 Å². The lowest BCUT2D eigenvalue weighted by atomic mass is 10.0. The quantitative estimate of drug-likeness (QED) is 0.0941. The van der Waals surface area contributed by atoms with E-state index >= 15 is 0 Å². The second-order valence-corrected chi connectivity index (χ2v) is 7.33. The number of aliphatic hydroxyl groups excluding tert-OH is 11. The molecule has 0 heterocycles. The summed E-state index contributed by atoms with van der Waals surface area (Å²) in [5, 5.41) is 104. The monoisotopic (exact) mass is 446 g/mol. The van der Waals surface area contributed by atoms with E-state index in [4.69, 9.17) is 20.4 Å². The Bertz CT molecular complexity index is 411. The van der Waals surface area contributed by atoms with Gasteiger partial charge in [0.2, 0.25) is 0 Å². The van der Waals surface area contributed by atoms with E-state index in [2.05, 4.69) is 0 Å². The Morgan fingerprint density at radius 2 is 0.767 bits per heavy atom. The molecule has 0 aliphatic heterocycles. The first-order valence-electron chi connectivity index (χ1n) is 9.74. The number of aliphatic hydroxyl groups is 11. The molecule has 0 aromatic heterocycles. The van der Waals surface area contributed by atoms with E-state index in [1.54, 1.807) is 0 Å². The molecule has 182 valence electrons. The van der Waals surface area contributed by atoms with Crippen molar-refractivity contribution in [2.75, 3.05) is 65.7 Å². The van der Waals surface area contributed by atoms with E-state index in [0.717, 1.165) is 0 Å². The lowest BCUT2D eigenvalue weighted by Crippen LogP contribution is -2.52. The van der Waals surface area contributed by atoms with E-state index < -0.39 is 69.2 Å². The van der Waals surface area contributed by atoms with Crippen LogP contribution in [-0.2, 0) is 0 Å². The molecule has 0 aliphatic carbocycles. The molecule has 13 nitrogen and oxygen atoms in total. The second kappa shape index (κ2) is 16.2. The van der Waals surface area contributed by atoms with Gasteiger partial charge in [-0.05, 0) is 0 Å². The molecule has 0 spiro atoms. The van der Waals surface area contributed by atoms with Crippen LogP contribution in [0.25, 0.3) is 0 Å². The minimum absolute atomic E-state index is 0.0312. The molecule has 0 amide bonds. The van der Waals surface area contributed by atoms with Gasteiger partial charge < -0.3 is 56.2 Å². The number of rotatable bonds is 18. The molecule has 0 bridgehead atoms. The van der Waals surface area contributed by atoms with Gasteiger partial charge in [-0.2, -0.15) is 0 Å². The smallest absolute Gasteiger partial charge is 0.111 e. The molecule has 0 fully saturated rings. The zero-order chi connectivity index (χ0) is 23.3. The molecule has 0 saturated carbocycles. The first-order chi connectivity index (χ1) is 14.1. The zero-order valence-electron chi connectivity index (χ0n) is 16.9. The molecule has 0 aliphatic rings. The van der Waals surface area contributed by atoms with Gasteiger partial charge in [-0.1, -0.05) is 0 Å². The minimum Gasteiger partial charge on any atom is -0.394 e. The fourth-order valence-corrected chi connectivity index (χ4v) is 2.80. The zero-order valence-corrected chi connectivity index (χ0v) is 16.9. The van der Waals surface area contributed by atoms with Crippen molar-refractivity contribution >= 4 is 0 Å². The summed E-state index contributed by atoms with van der Waals surface area (Å²) in [6.45, 7) is -2.66. The standard InChI is InChI=1S/C17H38N2O11/c20-7-11(24)3-18(4-12(25)8-21)1-2-19(5-13(26)9-22)6-14(27)16(29)17(30)15(28)10-23/h11-17,20-30H,1-10H2. The van der Waals surface area contributed by atoms with Crippen LogP contribution in [0.2, 0.25) is 0 Å². The van der Waals surface area contributed by atoms with Crippen molar-refractivity contribution in [3.05, 3.63) is 0 Å². The third-order valence-electron chi connectivity index (χ3n) is 4.54. The van der Waals surface area contributed by atoms with Crippen LogP contribution in [0.4, 0.5) is 0 Å². The normalized spacial score (nSPS) is 19.5. The maximum absolute atomic E-state index is 10.2. The van der Waals surface area contributed by atoms with Gasteiger partial charge in [-0.3, -0.25) is 9.80 Å². The van der Waals surface area contributed by atoms with E-state index in [0.29, 0.717) is 0 Å². The van der Waals surface area contributed by atoms with Crippen molar-refractivity contribution in [1.82, 2.24) is 9.80 Å². The van der Waals surface area contributed by atoms with E-state index in [-0.39, 0.29) is 39.3 Å². The molecule has 0 aromatic carbocycles. The van der Waals surface area contributed by atoms with Crippen LogP contribution in [0.1, 0.15) is 0 Å². The highest BCUT2D eigenvalue weighted by atomic mass is 16.4. The molecule has 0 rings (SSSR count). The predicted octanol–water partition coefficient (Wildman–Crippen LogP) is -6.91. The Hall–Kier alpha value is -0.520. The van der Waals surface area contributed by atoms with Crippen molar-refractivity contribution in [2.45, 2.75) is 42.7 Å². The molecule has 0 radical (unpaired) electrons. The van der Waals surface area contributed by atoms with Crippen molar-refractivity contribution in [3.63, 3.8) is 0 Å². The molecule has 0 aromatic rings. The summed E-state index contributed by atoms with van der Waals surface area (Å²) in [4.78, 5) is 2.98. The van der Waals surface area contributed by atoms with Gasteiger partial charge in [0.1, 0.15) is 18.3 Å². The predicted molar refractivity (Wildman–Crippen MR) is 103 cm³/mol. The summed E-state index contributed by atoms with van der Waals surface area (Å²) < 4.78 is 0. The van der Waals surface area contributed by atoms with Gasteiger partial charge in [0, 0.05) is 39.3 Å².